The van der Waals surface area contributed by atoms with Crippen molar-refractivity contribution in [1.82, 2.24) is 0 Å². The van der Waals surface area contributed by atoms with Gasteiger partial charge in [0.15, 0.2) is 5.75 Å². The average molecular weight is 294 g/mol. The lowest BCUT2D eigenvalue weighted by Gasteiger charge is -2.33. The molecule has 0 aromatic heterocycles. The normalized spacial score (nSPS) is 21.2. The standard InChI is InChI=1S/C15H13Cl2NO/c1-9-14(10-5-7-11(16)8-6-10)19-15-12(17)3-2-4-13(15)18-9/h2-9,14,18H,1H3. The van der Waals surface area contributed by atoms with Crippen LogP contribution < -0.4 is 10.1 Å². The maximum atomic E-state index is 6.18. The van der Waals surface area contributed by atoms with Crippen LogP contribution in [0.25, 0.3) is 0 Å². The predicted molar refractivity (Wildman–Crippen MR) is 79.4 cm³/mol. The Kier molecular flexibility index (Phi) is 3.29. The summed E-state index contributed by atoms with van der Waals surface area (Å²) in [5.74, 6) is 0.710. The maximum Gasteiger partial charge on any atom is 0.162 e. The minimum Gasteiger partial charge on any atom is -0.480 e. The second-order valence-corrected chi connectivity index (χ2v) is 5.48. The molecule has 0 saturated heterocycles. The van der Waals surface area contributed by atoms with Crippen LogP contribution in [0.5, 0.6) is 5.75 Å². The zero-order chi connectivity index (χ0) is 13.4. The quantitative estimate of drug-likeness (QED) is 0.805. The third-order valence-corrected chi connectivity index (χ3v) is 3.80. The van der Waals surface area contributed by atoms with E-state index >= 15 is 0 Å². The fourth-order valence-corrected chi connectivity index (χ4v) is 2.65. The Morgan fingerprint density at radius 2 is 1.79 bits per heavy atom. The summed E-state index contributed by atoms with van der Waals surface area (Å²) in [6.45, 7) is 2.09. The van der Waals surface area contributed by atoms with Gasteiger partial charge in [-0.2, -0.15) is 0 Å². The highest BCUT2D eigenvalue weighted by Crippen LogP contribution is 2.41. The number of halogens is 2. The molecule has 1 heterocycles. The molecule has 4 heteroatoms. The summed E-state index contributed by atoms with van der Waals surface area (Å²) in [4.78, 5) is 0. The first-order chi connectivity index (χ1) is 9.15. The highest BCUT2D eigenvalue weighted by Gasteiger charge is 2.28. The molecule has 3 rings (SSSR count). The lowest BCUT2D eigenvalue weighted by Crippen LogP contribution is -2.32. The monoisotopic (exact) mass is 293 g/mol. The topological polar surface area (TPSA) is 21.3 Å². The second-order valence-electron chi connectivity index (χ2n) is 4.64. The molecular weight excluding hydrogens is 281 g/mol. The number of anilines is 1. The predicted octanol–water partition coefficient (Wildman–Crippen LogP) is 4.93. The Morgan fingerprint density at radius 1 is 1.05 bits per heavy atom. The number of rotatable bonds is 1. The zero-order valence-corrected chi connectivity index (χ0v) is 11.9. The molecule has 2 unspecified atom stereocenters. The third kappa shape index (κ3) is 2.38. The van der Waals surface area contributed by atoms with E-state index in [9.17, 15) is 0 Å². The second kappa shape index (κ2) is 4.95. The number of para-hydroxylation sites is 1. The third-order valence-electron chi connectivity index (χ3n) is 3.25. The van der Waals surface area contributed by atoms with E-state index in [1.807, 2.05) is 42.5 Å². The molecule has 1 N–H and O–H groups in total. The minimum absolute atomic E-state index is 0.0790. The number of benzene rings is 2. The van der Waals surface area contributed by atoms with Crippen LogP contribution in [0.15, 0.2) is 42.5 Å². The van der Waals surface area contributed by atoms with Crippen molar-refractivity contribution < 1.29 is 4.74 Å². The summed E-state index contributed by atoms with van der Waals surface area (Å²) in [6, 6.07) is 13.6. The van der Waals surface area contributed by atoms with Crippen molar-refractivity contribution in [2.75, 3.05) is 5.32 Å². The summed E-state index contributed by atoms with van der Waals surface area (Å²) >= 11 is 12.1. The zero-order valence-electron chi connectivity index (χ0n) is 10.4. The molecule has 0 spiro atoms. The molecule has 0 saturated carbocycles. The first kappa shape index (κ1) is 12.6. The minimum atomic E-state index is -0.0790. The average Bonchev–Trinajstić information content (AvgIpc) is 2.40. The van der Waals surface area contributed by atoms with E-state index in [0.717, 1.165) is 16.3 Å². The molecular formula is C15H13Cl2NO. The van der Waals surface area contributed by atoms with Gasteiger partial charge < -0.3 is 10.1 Å². The molecule has 2 nitrogen and oxygen atoms in total. The summed E-state index contributed by atoms with van der Waals surface area (Å²) in [7, 11) is 0. The highest BCUT2D eigenvalue weighted by molar-refractivity contribution is 6.32. The summed E-state index contributed by atoms with van der Waals surface area (Å²) < 4.78 is 6.06. The molecule has 0 fully saturated rings. The molecule has 2 atom stereocenters. The molecule has 19 heavy (non-hydrogen) atoms. The molecule has 1 aliphatic heterocycles. The Bertz CT molecular complexity index is 598. The Balaban J connectivity index is 1.97. The molecule has 1 aliphatic rings. The van der Waals surface area contributed by atoms with E-state index in [-0.39, 0.29) is 12.1 Å². The van der Waals surface area contributed by atoms with Gasteiger partial charge in [0, 0.05) is 5.02 Å². The number of hydrogen-bond acceptors (Lipinski definition) is 2. The van der Waals surface area contributed by atoms with Crippen LogP contribution in [-0.2, 0) is 0 Å². The first-order valence-corrected chi connectivity index (χ1v) is 6.88. The first-order valence-electron chi connectivity index (χ1n) is 6.12. The number of ether oxygens (including phenoxy) is 1. The van der Waals surface area contributed by atoms with E-state index in [2.05, 4.69) is 12.2 Å². The Labute approximate surface area is 122 Å². The highest BCUT2D eigenvalue weighted by atomic mass is 35.5. The van der Waals surface area contributed by atoms with E-state index < -0.39 is 0 Å². The van der Waals surface area contributed by atoms with Crippen molar-refractivity contribution >= 4 is 28.9 Å². The molecule has 2 aromatic carbocycles. The fourth-order valence-electron chi connectivity index (χ4n) is 2.30. The smallest absolute Gasteiger partial charge is 0.162 e. The lowest BCUT2D eigenvalue weighted by atomic mass is 10.0. The Morgan fingerprint density at radius 3 is 2.53 bits per heavy atom. The van der Waals surface area contributed by atoms with Crippen molar-refractivity contribution in [1.29, 1.82) is 0 Å². The van der Waals surface area contributed by atoms with Crippen LogP contribution in [-0.4, -0.2) is 6.04 Å². The van der Waals surface area contributed by atoms with Crippen molar-refractivity contribution in [3.05, 3.63) is 58.1 Å². The van der Waals surface area contributed by atoms with Crippen LogP contribution >= 0.6 is 23.2 Å². The fraction of sp³-hybridized carbons (Fsp3) is 0.200. The van der Waals surface area contributed by atoms with Crippen LogP contribution in [0.4, 0.5) is 5.69 Å². The van der Waals surface area contributed by atoms with Crippen LogP contribution in [0.3, 0.4) is 0 Å². The number of nitrogens with one attached hydrogen (secondary N) is 1. The lowest BCUT2D eigenvalue weighted by molar-refractivity contribution is 0.178. The van der Waals surface area contributed by atoms with Crippen LogP contribution in [0.1, 0.15) is 18.6 Å². The van der Waals surface area contributed by atoms with Gasteiger partial charge in [0.2, 0.25) is 0 Å². The van der Waals surface area contributed by atoms with Gasteiger partial charge in [0.1, 0.15) is 6.10 Å². The largest absolute Gasteiger partial charge is 0.480 e. The van der Waals surface area contributed by atoms with E-state index in [1.54, 1.807) is 0 Å². The number of fused-ring (bicyclic) bond motifs is 1. The van der Waals surface area contributed by atoms with E-state index in [0.29, 0.717) is 10.8 Å². The Hall–Kier alpha value is -1.38. The van der Waals surface area contributed by atoms with Gasteiger partial charge in [-0.1, -0.05) is 41.4 Å². The van der Waals surface area contributed by atoms with Crippen molar-refractivity contribution in [3.8, 4) is 5.75 Å². The molecule has 0 aliphatic carbocycles. The molecule has 98 valence electrons. The van der Waals surface area contributed by atoms with Crippen LogP contribution in [0.2, 0.25) is 10.0 Å². The molecule has 0 bridgehead atoms. The van der Waals surface area contributed by atoms with Gasteiger partial charge in [-0.05, 0) is 36.8 Å². The van der Waals surface area contributed by atoms with Gasteiger partial charge in [0.25, 0.3) is 0 Å². The summed E-state index contributed by atoms with van der Waals surface area (Å²) in [6.07, 6.45) is -0.0790. The molecule has 0 radical (unpaired) electrons. The number of hydrogen-bond donors (Lipinski definition) is 1. The van der Waals surface area contributed by atoms with Crippen molar-refractivity contribution in [2.24, 2.45) is 0 Å². The van der Waals surface area contributed by atoms with Crippen LogP contribution in [0, 0.1) is 0 Å². The van der Waals surface area contributed by atoms with E-state index in [4.69, 9.17) is 27.9 Å². The van der Waals surface area contributed by atoms with Crippen molar-refractivity contribution in [3.63, 3.8) is 0 Å². The molecule has 2 aromatic rings. The van der Waals surface area contributed by atoms with Gasteiger partial charge in [0.05, 0.1) is 16.8 Å². The summed E-state index contributed by atoms with van der Waals surface area (Å²) in [5.41, 5.74) is 2.01. The van der Waals surface area contributed by atoms with Gasteiger partial charge in [-0.15, -0.1) is 0 Å². The van der Waals surface area contributed by atoms with Gasteiger partial charge in [-0.25, -0.2) is 0 Å². The van der Waals surface area contributed by atoms with Crippen molar-refractivity contribution in [2.45, 2.75) is 19.1 Å². The summed E-state index contributed by atoms with van der Waals surface area (Å²) in [5, 5.41) is 4.76. The SMILES string of the molecule is CC1Nc2cccc(Cl)c2OC1c1ccc(Cl)cc1. The van der Waals surface area contributed by atoms with Gasteiger partial charge in [-0.3, -0.25) is 0 Å². The van der Waals surface area contributed by atoms with E-state index in [1.165, 1.54) is 0 Å². The maximum absolute atomic E-state index is 6.18. The van der Waals surface area contributed by atoms with Gasteiger partial charge >= 0.3 is 0 Å². The molecule has 0 amide bonds.